The highest BCUT2D eigenvalue weighted by atomic mass is 32.2. The van der Waals surface area contributed by atoms with Crippen LogP contribution in [0.5, 0.6) is 11.5 Å². The summed E-state index contributed by atoms with van der Waals surface area (Å²) in [4.78, 5) is 13.8. The summed E-state index contributed by atoms with van der Waals surface area (Å²) in [7, 11) is 1.71. The van der Waals surface area contributed by atoms with Gasteiger partial charge in [-0.3, -0.25) is 4.79 Å². The van der Waals surface area contributed by atoms with Crippen LogP contribution in [0.25, 0.3) is 0 Å². The molecule has 1 atom stereocenters. The maximum Gasteiger partial charge on any atom is 0.257 e. The third-order valence-corrected chi connectivity index (χ3v) is 3.58. The summed E-state index contributed by atoms with van der Waals surface area (Å²) in [6.07, 6.45) is 2.92. The van der Waals surface area contributed by atoms with Gasteiger partial charge in [-0.05, 0) is 43.6 Å². The van der Waals surface area contributed by atoms with Crippen molar-refractivity contribution in [2.75, 3.05) is 19.1 Å². The first-order chi connectivity index (χ1) is 8.47. The van der Waals surface area contributed by atoms with E-state index in [4.69, 9.17) is 0 Å². The predicted molar refractivity (Wildman–Crippen MR) is 74.3 cm³/mol. The van der Waals surface area contributed by atoms with Crippen LogP contribution in [0.1, 0.15) is 23.7 Å². The molecule has 1 aromatic rings. The third kappa shape index (κ3) is 3.57. The Morgan fingerprint density at radius 3 is 2.72 bits per heavy atom. The molecule has 0 aromatic heterocycles. The molecule has 0 aliphatic heterocycles. The molecule has 0 saturated heterocycles. The van der Waals surface area contributed by atoms with Crippen molar-refractivity contribution in [3.8, 4) is 11.5 Å². The normalized spacial score (nSPS) is 12.2. The van der Waals surface area contributed by atoms with E-state index in [2.05, 4.69) is 0 Å². The molecule has 0 bridgehead atoms. The minimum atomic E-state index is -0.281. The Balaban J connectivity index is 2.82. The molecule has 0 radical (unpaired) electrons. The number of phenols is 2. The molecule has 0 fully saturated rings. The topological polar surface area (TPSA) is 60.8 Å². The number of rotatable bonds is 5. The summed E-state index contributed by atoms with van der Waals surface area (Å²) in [5, 5.41) is 19.0. The Kier molecular flexibility index (Phi) is 5.34. The first-order valence-electron chi connectivity index (χ1n) is 5.75. The molecule has 18 heavy (non-hydrogen) atoms. The minimum absolute atomic E-state index is 0.0266. The lowest BCUT2D eigenvalue weighted by molar-refractivity contribution is 0.0738. The molecule has 0 aliphatic carbocycles. The van der Waals surface area contributed by atoms with Crippen molar-refractivity contribution in [1.82, 2.24) is 4.90 Å². The van der Waals surface area contributed by atoms with Crippen molar-refractivity contribution in [1.29, 1.82) is 0 Å². The Morgan fingerprint density at radius 1 is 1.44 bits per heavy atom. The number of phenolic OH excluding ortho intramolecular Hbond substituents is 2. The average molecular weight is 269 g/mol. The maximum atomic E-state index is 12.2. The number of benzene rings is 1. The average Bonchev–Trinajstić information content (AvgIpc) is 2.37. The minimum Gasteiger partial charge on any atom is -0.508 e. The van der Waals surface area contributed by atoms with Gasteiger partial charge in [0.15, 0.2) is 0 Å². The van der Waals surface area contributed by atoms with Gasteiger partial charge in [-0.2, -0.15) is 11.8 Å². The molecular weight excluding hydrogens is 250 g/mol. The summed E-state index contributed by atoms with van der Waals surface area (Å²) >= 11 is 1.73. The van der Waals surface area contributed by atoms with Crippen LogP contribution in [0.15, 0.2) is 18.2 Å². The zero-order chi connectivity index (χ0) is 13.7. The number of hydrogen-bond donors (Lipinski definition) is 2. The van der Waals surface area contributed by atoms with Gasteiger partial charge in [0.05, 0.1) is 5.56 Å². The lowest BCUT2D eigenvalue weighted by Gasteiger charge is -2.25. The van der Waals surface area contributed by atoms with E-state index in [1.807, 2.05) is 13.2 Å². The molecule has 1 rings (SSSR count). The molecule has 2 N–H and O–H groups in total. The lowest BCUT2D eigenvalue weighted by atomic mass is 10.1. The third-order valence-electron chi connectivity index (χ3n) is 2.93. The van der Waals surface area contributed by atoms with Gasteiger partial charge in [0, 0.05) is 13.1 Å². The Labute approximate surface area is 112 Å². The molecule has 0 spiro atoms. The monoisotopic (exact) mass is 269 g/mol. The van der Waals surface area contributed by atoms with Crippen LogP contribution < -0.4 is 0 Å². The van der Waals surface area contributed by atoms with Crippen LogP contribution in [0, 0.1) is 0 Å². The quantitative estimate of drug-likeness (QED) is 0.805. The molecule has 100 valence electrons. The molecule has 5 heteroatoms. The summed E-state index contributed by atoms with van der Waals surface area (Å²) in [6, 6.07) is 4.05. The van der Waals surface area contributed by atoms with Gasteiger partial charge in [-0.1, -0.05) is 0 Å². The number of nitrogens with zero attached hydrogens (tertiary/aromatic N) is 1. The van der Waals surface area contributed by atoms with Gasteiger partial charge in [0.1, 0.15) is 11.5 Å². The van der Waals surface area contributed by atoms with E-state index in [9.17, 15) is 15.0 Å². The number of hydrogen-bond acceptors (Lipinski definition) is 4. The predicted octanol–water partition coefficient (Wildman–Crippen LogP) is 2.31. The smallest absolute Gasteiger partial charge is 0.257 e. The number of thioether (sulfide) groups is 1. The van der Waals surface area contributed by atoms with Crippen LogP contribution in [0.2, 0.25) is 0 Å². The van der Waals surface area contributed by atoms with E-state index in [1.165, 1.54) is 18.2 Å². The standard InChI is InChI=1S/C13H19NO3S/c1-9(6-7-18-3)14(2)13(17)11-8-10(15)4-5-12(11)16/h4-5,8-9,15-16H,6-7H2,1-3H3. The molecule has 1 unspecified atom stereocenters. The first-order valence-corrected chi connectivity index (χ1v) is 7.14. The zero-order valence-electron chi connectivity index (χ0n) is 10.9. The van der Waals surface area contributed by atoms with Crippen molar-refractivity contribution in [3.05, 3.63) is 23.8 Å². The molecule has 1 amide bonds. The van der Waals surface area contributed by atoms with E-state index >= 15 is 0 Å². The summed E-state index contributed by atoms with van der Waals surface area (Å²) < 4.78 is 0. The second-order valence-corrected chi connectivity index (χ2v) is 5.23. The number of carbonyl (C=O) groups is 1. The fraction of sp³-hybridized carbons (Fsp3) is 0.462. The van der Waals surface area contributed by atoms with Crippen molar-refractivity contribution < 1.29 is 15.0 Å². The molecule has 1 aromatic carbocycles. The van der Waals surface area contributed by atoms with Crippen molar-refractivity contribution in [2.24, 2.45) is 0 Å². The van der Waals surface area contributed by atoms with Crippen molar-refractivity contribution in [2.45, 2.75) is 19.4 Å². The first kappa shape index (κ1) is 14.7. The van der Waals surface area contributed by atoms with E-state index in [0.29, 0.717) is 0 Å². The molecule has 4 nitrogen and oxygen atoms in total. The second kappa shape index (κ2) is 6.54. The van der Waals surface area contributed by atoms with E-state index in [1.54, 1.807) is 23.7 Å². The number of aromatic hydroxyl groups is 2. The highest BCUT2D eigenvalue weighted by molar-refractivity contribution is 7.98. The molecular formula is C13H19NO3S. The number of amides is 1. The summed E-state index contributed by atoms with van der Waals surface area (Å²) in [6.45, 7) is 1.97. The highest BCUT2D eigenvalue weighted by Crippen LogP contribution is 2.24. The molecule has 0 aliphatic rings. The molecule has 0 heterocycles. The summed E-state index contributed by atoms with van der Waals surface area (Å²) in [5.41, 5.74) is 0.133. The van der Waals surface area contributed by atoms with E-state index < -0.39 is 0 Å². The van der Waals surface area contributed by atoms with Crippen molar-refractivity contribution in [3.63, 3.8) is 0 Å². The Morgan fingerprint density at radius 2 is 2.11 bits per heavy atom. The fourth-order valence-electron chi connectivity index (χ4n) is 1.57. The van der Waals surface area contributed by atoms with Crippen LogP contribution in [0.3, 0.4) is 0 Å². The lowest BCUT2D eigenvalue weighted by Crippen LogP contribution is -2.35. The van der Waals surface area contributed by atoms with E-state index in [-0.39, 0.29) is 29.0 Å². The van der Waals surface area contributed by atoms with Gasteiger partial charge < -0.3 is 15.1 Å². The van der Waals surface area contributed by atoms with Crippen LogP contribution in [-0.2, 0) is 0 Å². The molecule has 0 saturated carbocycles. The highest BCUT2D eigenvalue weighted by Gasteiger charge is 2.20. The zero-order valence-corrected chi connectivity index (χ0v) is 11.7. The fourth-order valence-corrected chi connectivity index (χ4v) is 2.14. The number of carbonyl (C=O) groups excluding carboxylic acids is 1. The van der Waals surface area contributed by atoms with Crippen LogP contribution in [0.4, 0.5) is 0 Å². The maximum absolute atomic E-state index is 12.2. The van der Waals surface area contributed by atoms with E-state index in [0.717, 1.165) is 12.2 Å². The van der Waals surface area contributed by atoms with Gasteiger partial charge in [0.2, 0.25) is 0 Å². The van der Waals surface area contributed by atoms with Crippen LogP contribution in [-0.4, -0.2) is 46.1 Å². The van der Waals surface area contributed by atoms with Gasteiger partial charge in [-0.15, -0.1) is 0 Å². The largest absolute Gasteiger partial charge is 0.508 e. The Hall–Kier alpha value is -1.36. The van der Waals surface area contributed by atoms with Crippen LogP contribution >= 0.6 is 11.8 Å². The second-order valence-electron chi connectivity index (χ2n) is 4.25. The summed E-state index contributed by atoms with van der Waals surface area (Å²) in [5.74, 6) is 0.560. The van der Waals surface area contributed by atoms with Gasteiger partial charge >= 0.3 is 0 Å². The Bertz CT molecular complexity index is 423. The van der Waals surface area contributed by atoms with Gasteiger partial charge in [0.25, 0.3) is 5.91 Å². The SMILES string of the molecule is CSCCC(C)N(C)C(=O)c1cc(O)ccc1O. The van der Waals surface area contributed by atoms with Crippen molar-refractivity contribution >= 4 is 17.7 Å². The van der Waals surface area contributed by atoms with Gasteiger partial charge in [-0.25, -0.2) is 0 Å².